The number of halogens is 1. The summed E-state index contributed by atoms with van der Waals surface area (Å²) in [6.07, 6.45) is 1.80. The van der Waals surface area contributed by atoms with Crippen molar-refractivity contribution in [2.24, 2.45) is 17.8 Å². The summed E-state index contributed by atoms with van der Waals surface area (Å²) in [6, 6.07) is 6.71. The number of benzene rings is 1. The molecular formula is C18H20ClNO5. The van der Waals surface area contributed by atoms with Gasteiger partial charge in [-0.2, -0.15) is 0 Å². The van der Waals surface area contributed by atoms with Gasteiger partial charge in [-0.25, -0.2) is 9.59 Å². The molecule has 0 saturated heterocycles. The van der Waals surface area contributed by atoms with Crippen LogP contribution in [-0.2, 0) is 19.0 Å². The maximum absolute atomic E-state index is 12.2. The lowest BCUT2D eigenvalue weighted by molar-refractivity contribution is -0.144. The molecular weight excluding hydrogens is 346 g/mol. The normalized spacial score (nSPS) is 27.6. The van der Waals surface area contributed by atoms with Crippen molar-refractivity contribution < 1.29 is 23.8 Å². The summed E-state index contributed by atoms with van der Waals surface area (Å²) in [5.41, 5.74) is 1.09. The van der Waals surface area contributed by atoms with Gasteiger partial charge in [-0.3, -0.25) is 5.32 Å². The first-order valence-corrected chi connectivity index (χ1v) is 8.54. The van der Waals surface area contributed by atoms with Crippen LogP contribution in [-0.4, -0.2) is 25.5 Å². The Morgan fingerprint density at radius 2 is 1.96 bits per heavy atom. The molecule has 4 atom stereocenters. The van der Waals surface area contributed by atoms with E-state index in [1.807, 2.05) is 0 Å². The van der Waals surface area contributed by atoms with E-state index in [9.17, 15) is 9.59 Å². The predicted octanol–water partition coefficient (Wildman–Crippen LogP) is 3.96. The number of carbonyl (C=O) groups is 2. The lowest BCUT2D eigenvalue weighted by Gasteiger charge is -2.34. The average Bonchev–Trinajstić information content (AvgIpc) is 2.99. The number of methoxy groups -OCH3 is 1. The second-order valence-electron chi connectivity index (χ2n) is 6.34. The first-order valence-electron chi connectivity index (χ1n) is 8.16. The third-order valence-electron chi connectivity index (χ3n) is 4.83. The maximum atomic E-state index is 12.2. The van der Waals surface area contributed by atoms with E-state index in [0.29, 0.717) is 16.3 Å². The Labute approximate surface area is 151 Å². The zero-order valence-electron chi connectivity index (χ0n) is 14.0. The summed E-state index contributed by atoms with van der Waals surface area (Å²) in [5.74, 6) is -0.223. The van der Waals surface area contributed by atoms with Crippen molar-refractivity contribution in [2.75, 3.05) is 12.4 Å². The van der Waals surface area contributed by atoms with E-state index >= 15 is 0 Å². The largest absolute Gasteiger partial charge is 0.466 e. The summed E-state index contributed by atoms with van der Waals surface area (Å²) in [7, 11) is 1.35. The van der Waals surface area contributed by atoms with Crippen LogP contribution >= 0.6 is 11.6 Å². The molecule has 1 aliphatic heterocycles. The molecule has 6 nitrogen and oxygen atoms in total. The Hall–Kier alpha value is -2.21. The van der Waals surface area contributed by atoms with Crippen LogP contribution in [0.1, 0.15) is 19.8 Å². The molecule has 3 rings (SSSR count). The van der Waals surface area contributed by atoms with E-state index in [0.717, 1.165) is 12.8 Å². The molecule has 1 fully saturated rings. The van der Waals surface area contributed by atoms with E-state index in [1.165, 1.54) is 13.4 Å². The summed E-state index contributed by atoms with van der Waals surface area (Å²) in [4.78, 5) is 24.1. The molecule has 1 N–H and O–H groups in total. The summed E-state index contributed by atoms with van der Waals surface area (Å²) < 4.78 is 15.8. The van der Waals surface area contributed by atoms with Gasteiger partial charge < -0.3 is 14.2 Å². The minimum Gasteiger partial charge on any atom is -0.466 e. The number of amides is 1. The van der Waals surface area contributed by atoms with Gasteiger partial charge in [0, 0.05) is 22.5 Å². The van der Waals surface area contributed by atoms with Crippen molar-refractivity contribution in [1.82, 2.24) is 0 Å². The van der Waals surface area contributed by atoms with Crippen LogP contribution in [0.5, 0.6) is 0 Å². The van der Waals surface area contributed by atoms with Crippen LogP contribution in [0.3, 0.4) is 0 Å². The zero-order chi connectivity index (χ0) is 18.0. The number of fused-ring (bicyclic) bond motifs is 1. The minimum absolute atomic E-state index is 0.0236. The number of rotatable bonds is 3. The first kappa shape index (κ1) is 17.6. The number of hydrogen-bond acceptors (Lipinski definition) is 5. The highest BCUT2D eigenvalue weighted by molar-refractivity contribution is 6.30. The second kappa shape index (κ2) is 7.35. The van der Waals surface area contributed by atoms with Gasteiger partial charge in [0.15, 0.2) is 0 Å². The van der Waals surface area contributed by atoms with Crippen molar-refractivity contribution in [2.45, 2.75) is 26.1 Å². The van der Waals surface area contributed by atoms with E-state index in [-0.39, 0.29) is 17.8 Å². The van der Waals surface area contributed by atoms with Gasteiger partial charge in [0.05, 0.1) is 18.9 Å². The van der Waals surface area contributed by atoms with Crippen molar-refractivity contribution in [1.29, 1.82) is 0 Å². The number of anilines is 1. The highest BCUT2D eigenvalue weighted by Gasteiger charge is 2.48. The van der Waals surface area contributed by atoms with Crippen LogP contribution in [0, 0.1) is 17.8 Å². The van der Waals surface area contributed by atoms with Gasteiger partial charge in [-0.05, 0) is 43.0 Å². The third-order valence-corrected chi connectivity index (χ3v) is 5.08. The van der Waals surface area contributed by atoms with Crippen LogP contribution in [0.15, 0.2) is 36.1 Å². The van der Waals surface area contributed by atoms with E-state index < -0.39 is 18.4 Å². The second-order valence-corrected chi connectivity index (χ2v) is 6.78. The molecule has 25 heavy (non-hydrogen) atoms. The Morgan fingerprint density at radius 3 is 2.64 bits per heavy atom. The fourth-order valence-corrected chi connectivity index (χ4v) is 3.70. The topological polar surface area (TPSA) is 73.9 Å². The van der Waals surface area contributed by atoms with Crippen LogP contribution < -0.4 is 5.32 Å². The Bertz CT molecular complexity index is 687. The zero-order valence-corrected chi connectivity index (χ0v) is 14.8. The van der Waals surface area contributed by atoms with Crippen LogP contribution in [0.25, 0.3) is 0 Å². The number of nitrogens with one attached hydrogen (secondary N) is 1. The monoisotopic (exact) mass is 365 g/mol. The summed E-state index contributed by atoms with van der Waals surface area (Å²) >= 11 is 5.82. The van der Waals surface area contributed by atoms with Gasteiger partial charge in [0.2, 0.25) is 6.29 Å². The van der Waals surface area contributed by atoms with Crippen LogP contribution in [0.2, 0.25) is 5.02 Å². The fourth-order valence-electron chi connectivity index (χ4n) is 3.57. The first-order chi connectivity index (χ1) is 12.0. The quantitative estimate of drug-likeness (QED) is 0.820. The molecule has 1 aromatic carbocycles. The standard InChI is InChI=1S/C18H20ClNO5/c1-10-3-8-13-14(16(21)23-2)9-24-17(15(10)13)25-18(22)20-12-6-4-11(19)5-7-12/h4-7,9-10,13,15,17H,3,8H2,1-2H3,(H,20,22). The van der Waals surface area contributed by atoms with Gasteiger partial charge in [-0.15, -0.1) is 0 Å². The summed E-state index contributed by atoms with van der Waals surface area (Å²) in [6.45, 7) is 2.07. The number of ether oxygens (including phenoxy) is 3. The van der Waals surface area contributed by atoms with Gasteiger partial charge in [0.1, 0.15) is 0 Å². The van der Waals surface area contributed by atoms with Gasteiger partial charge in [-0.1, -0.05) is 18.5 Å². The molecule has 2 aliphatic rings. The van der Waals surface area contributed by atoms with Crippen LogP contribution in [0.4, 0.5) is 10.5 Å². The number of carbonyl (C=O) groups excluding carboxylic acids is 2. The molecule has 0 radical (unpaired) electrons. The predicted molar refractivity (Wildman–Crippen MR) is 91.9 cm³/mol. The van der Waals surface area contributed by atoms with Crippen molar-refractivity contribution in [3.05, 3.63) is 41.1 Å². The summed E-state index contributed by atoms with van der Waals surface area (Å²) in [5, 5.41) is 3.23. The van der Waals surface area contributed by atoms with E-state index in [1.54, 1.807) is 24.3 Å². The van der Waals surface area contributed by atoms with Gasteiger partial charge in [0.25, 0.3) is 0 Å². The van der Waals surface area contributed by atoms with Crippen molar-refractivity contribution in [3.63, 3.8) is 0 Å². The highest BCUT2D eigenvalue weighted by atomic mass is 35.5. The SMILES string of the molecule is COC(=O)C1=COC(OC(=O)Nc2ccc(Cl)cc2)C2C(C)CCC12. The molecule has 134 valence electrons. The molecule has 1 amide bonds. The van der Waals surface area contributed by atoms with Crippen molar-refractivity contribution in [3.8, 4) is 0 Å². The molecule has 1 aliphatic carbocycles. The Morgan fingerprint density at radius 1 is 1.24 bits per heavy atom. The lowest BCUT2D eigenvalue weighted by Crippen LogP contribution is -2.39. The fraction of sp³-hybridized carbons (Fsp3) is 0.444. The number of hydrogen-bond donors (Lipinski definition) is 1. The minimum atomic E-state index is -0.733. The molecule has 1 saturated carbocycles. The molecule has 0 aromatic heterocycles. The average molecular weight is 366 g/mol. The Kier molecular flexibility index (Phi) is 5.18. The molecule has 1 heterocycles. The molecule has 0 bridgehead atoms. The molecule has 4 unspecified atom stereocenters. The highest BCUT2D eigenvalue weighted by Crippen LogP contribution is 2.46. The smallest absolute Gasteiger partial charge is 0.414 e. The maximum Gasteiger partial charge on any atom is 0.414 e. The molecule has 0 spiro atoms. The Balaban J connectivity index is 1.69. The third kappa shape index (κ3) is 3.74. The molecule has 7 heteroatoms. The van der Waals surface area contributed by atoms with Gasteiger partial charge >= 0.3 is 12.1 Å². The van der Waals surface area contributed by atoms with Crippen molar-refractivity contribution >= 4 is 29.4 Å². The lowest BCUT2D eigenvalue weighted by atomic mass is 9.83. The van der Waals surface area contributed by atoms with E-state index in [4.69, 9.17) is 25.8 Å². The number of esters is 1. The molecule has 1 aromatic rings. The van der Waals surface area contributed by atoms with E-state index in [2.05, 4.69) is 12.2 Å².